The highest BCUT2D eigenvalue weighted by molar-refractivity contribution is 8.16. The SMILES string of the molecule is O=C(N=C1SC2CS(=O)(=O)CC2N1c1cccc(C(F)(F)F)c1)C1CC1. The fraction of sp³-hybridized carbons (Fsp3) is 0.500. The maximum absolute atomic E-state index is 13.1. The summed E-state index contributed by atoms with van der Waals surface area (Å²) in [5.41, 5.74) is -0.614. The molecule has 2 aliphatic heterocycles. The molecule has 3 fully saturated rings. The molecule has 10 heteroatoms. The minimum atomic E-state index is -4.51. The summed E-state index contributed by atoms with van der Waals surface area (Å²) < 4.78 is 63.1. The maximum atomic E-state index is 13.1. The molecule has 0 bridgehead atoms. The van der Waals surface area contributed by atoms with Crippen molar-refractivity contribution in [3.63, 3.8) is 0 Å². The van der Waals surface area contributed by atoms with Crippen LogP contribution in [-0.2, 0) is 20.8 Å². The average molecular weight is 404 g/mol. The number of halogens is 3. The van der Waals surface area contributed by atoms with Crippen LogP contribution in [0.1, 0.15) is 18.4 Å². The molecule has 3 aliphatic rings. The Morgan fingerprint density at radius 1 is 1.23 bits per heavy atom. The van der Waals surface area contributed by atoms with Gasteiger partial charge in [-0.25, -0.2) is 8.42 Å². The van der Waals surface area contributed by atoms with Gasteiger partial charge in [0.05, 0.1) is 23.1 Å². The van der Waals surface area contributed by atoms with Crippen molar-refractivity contribution in [1.82, 2.24) is 0 Å². The Balaban J connectivity index is 1.74. The second-order valence-corrected chi connectivity index (χ2v) is 10.1. The highest BCUT2D eigenvalue weighted by Crippen LogP contribution is 2.43. The molecule has 5 nitrogen and oxygen atoms in total. The summed E-state index contributed by atoms with van der Waals surface area (Å²) in [6, 6.07) is 4.19. The van der Waals surface area contributed by atoms with Gasteiger partial charge in [-0.3, -0.25) is 4.79 Å². The minimum Gasteiger partial charge on any atom is -0.316 e. The number of carbonyl (C=O) groups excluding carboxylic acids is 1. The molecule has 1 aromatic rings. The van der Waals surface area contributed by atoms with Crippen LogP contribution in [0, 0.1) is 5.92 Å². The van der Waals surface area contributed by atoms with Crippen molar-refractivity contribution in [3.8, 4) is 0 Å². The Hall–Kier alpha value is -1.55. The number of hydrogen-bond acceptors (Lipinski definition) is 4. The second-order valence-electron chi connectivity index (χ2n) is 6.73. The van der Waals surface area contributed by atoms with E-state index < -0.39 is 27.6 Å². The molecule has 4 rings (SSSR count). The van der Waals surface area contributed by atoms with Gasteiger partial charge in [-0.1, -0.05) is 17.8 Å². The summed E-state index contributed by atoms with van der Waals surface area (Å²) in [5.74, 6) is -0.616. The summed E-state index contributed by atoms with van der Waals surface area (Å²) in [6.45, 7) is 0. The number of thioether (sulfide) groups is 1. The van der Waals surface area contributed by atoms with Gasteiger partial charge in [0.1, 0.15) is 0 Å². The number of hydrogen-bond donors (Lipinski definition) is 0. The fourth-order valence-electron chi connectivity index (χ4n) is 3.21. The molecule has 2 unspecified atom stereocenters. The molecule has 26 heavy (non-hydrogen) atoms. The zero-order chi connectivity index (χ0) is 18.7. The number of alkyl halides is 3. The highest BCUT2D eigenvalue weighted by Gasteiger charge is 2.50. The van der Waals surface area contributed by atoms with Crippen LogP contribution in [0.15, 0.2) is 29.3 Å². The Morgan fingerprint density at radius 3 is 2.62 bits per heavy atom. The fourth-order valence-corrected chi connectivity index (χ4v) is 7.13. The number of sulfone groups is 1. The number of aliphatic imine (C=N–C) groups is 1. The van der Waals surface area contributed by atoms with E-state index in [4.69, 9.17) is 0 Å². The first-order chi connectivity index (χ1) is 12.1. The summed E-state index contributed by atoms with van der Waals surface area (Å²) >= 11 is 1.17. The molecule has 1 amide bonds. The standard InChI is InChI=1S/C16H15F3N2O3S2/c17-16(18,19)10-2-1-3-11(6-10)21-12-7-26(23,24)8-13(12)25-15(21)20-14(22)9-4-5-9/h1-3,6,9,12-13H,4-5,7-8H2. The first-order valence-corrected chi connectivity index (χ1v) is 10.8. The molecule has 0 aromatic heterocycles. The van der Waals surface area contributed by atoms with E-state index in [0.29, 0.717) is 5.17 Å². The van der Waals surface area contributed by atoms with Gasteiger partial charge >= 0.3 is 6.18 Å². The highest BCUT2D eigenvalue weighted by atomic mass is 32.2. The van der Waals surface area contributed by atoms with Gasteiger partial charge < -0.3 is 4.90 Å². The number of carbonyl (C=O) groups is 1. The van der Waals surface area contributed by atoms with E-state index in [1.807, 2.05) is 0 Å². The molecule has 0 N–H and O–H groups in total. The molecule has 2 saturated heterocycles. The van der Waals surface area contributed by atoms with Crippen molar-refractivity contribution in [2.75, 3.05) is 16.4 Å². The van der Waals surface area contributed by atoms with Crippen molar-refractivity contribution in [2.45, 2.75) is 30.3 Å². The quantitative estimate of drug-likeness (QED) is 0.758. The molecule has 2 atom stereocenters. The third-order valence-corrected chi connectivity index (χ3v) is 7.86. The van der Waals surface area contributed by atoms with Crippen LogP contribution in [0.2, 0.25) is 0 Å². The van der Waals surface area contributed by atoms with Crippen molar-refractivity contribution in [2.24, 2.45) is 10.9 Å². The predicted molar refractivity (Wildman–Crippen MR) is 92.9 cm³/mol. The van der Waals surface area contributed by atoms with Crippen molar-refractivity contribution < 1.29 is 26.4 Å². The van der Waals surface area contributed by atoms with E-state index in [9.17, 15) is 26.4 Å². The average Bonchev–Trinajstić information content (AvgIpc) is 3.27. The molecule has 1 aromatic carbocycles. The molecule has 1 saturated carbocycles. The number of amidine groups is 1. The normalized spacial score (nSPS) is 29.2. The topological polar surface area (TPSA) is 66.8 Å². The predicted octanol–water partition coefficient (Wildman–Crippen LogP) is 2.72. The van der Waals surface area contributed by atoms with Crippen LogP contribution in [0.4, 0.5) is 18.9 Å². The van der Waals surface area contributed by atoms with E-state index in [1.54, 1.807) is 0 Å². The van der Waals surface area contributed by atoms with E-state index >= 15 is 0 Å². The number of nitrogens with zero attached hydrogens (tertiary/aromatic N) is 2. The largest absolute Gasteiger partial charge is 0.416 e. The number of fused-ring (bicyclic) bond motifs is 1. The second kappa shape index (κ2) is 5.98. The third kappa shape index (κ3) is 3.36. The maximum Gasteiger partial charge on any atom is 0.416 e. The first kappa shape index (κ1) is 17.8. The van der Waals surface area contributed by atoms with Gasteiger partial charge in [-0.15, -0.1) is 0 Å². The van der Waals surface area contributed by atoms with Crippen molar-refractivity contribution in [3.05, 3.63) is 29.8 Å². The zero-order valence-corrected chi connectivity index (χ0v) is 15.1. The van der Waals surface area contributed by atoms with Gasteiger partial charge in [-0.2, -0.15) is 18.2 Å². The van der Waals surface area contributed by atoms with E-state index in [2.05, 4.69) is 4.99 Å². The summed E-state index contributed by atoms with van der Waals surface area (Å²) in [4.78, 5) is 17.7. The lowest BCUT2D eigenvalue weighted by Gasteiger charge is -2.25. The summed E-state index contributed by atoms with van der Waals surface area (Å²) in [5, 5.41) is -0.0357. The molecular formula is C16H15F3N2O3S2. The van der Waals surface area contributed by atoms with Crippen LogP contribution >= 0.6 is 11.8 Å². The molecule has 2 heterocycles. The Bertz CT molecular complexity index is 894. The number of rotatable bonds is 2. The van der Waals surface area contributed by atoms with Crippen LogP contribution < -0.4 is 4.90 Å². The van der Waals surface area contributed by atoms with Gasteiger partial charge in [0, 0.05) is 16.9 Å². The zero-order valence-electron chi connectivity index (χ0n) is 13.4. The molecule has 1 aliphatic carbocycles. The van der Waals surface area contributed by atoms with E-state index in [0.717, 1.165) is 25.0 Å². The first-order valence-electron chi connectivity index (χ1n) is 8.10. The lowest BCUT2D eigenvalue weighted by Crippen LogP contribution is -2.37. The Morgan fingerprint density at radius 2 is 1.96 bits per heavy atom. The van der Waals surface area contributed by atoms with E-state index in [1.165, 1.54) is 28.8 Å². The smallest absolute Gasteiger partial charge is 0.316 e. The number of anilines is 1. The summed E-state index contributed by atoms with van der Waals surface area (Å²) in [7, 11) is -3.27. The Kier molecular flexibility index (Phi) is 4.11. The summed E-state index contributed by atoms with van der Waals surface area (Å²) in [6.07, 6.45) is -2.97. The van der Waals surface area contributed by atoms with Crippen molar-refractivity contribution >= 4 is 38.4 Å². The minimum absolute atomic E-state index is 0.0611. The van der Waals surface area contributed by atoms with Crippen LogP contribution in [0.5, 0.6) is 0 Å². The van der Waals surface area contributed by atoms with Crippen molar-refractivity contribution in [1.29, 1.82) is 0 Å². The molecule has 0 spiro atoms. The Labute approximate surface area is 152 Å². The third-order valence-electron chi connectivity index (χ3n) is 4.65. The monoisotopic (exact) mass is 404 g/mol. The number of amides is 1. The lowest BCUT2D eigenvalue weighted by atomic mass is 10.1. The molecule has 140 valence electrons. The van der Waals surface area contributed by atoms with Gasteiger partial charge in [-0.05, 0) is 31.0 Å². The lowest BCUT2D eigenvalue weighted by molar-refractivity contribution is -0.137. The van der Waals surface area contributed by atoms with Crippen LogP contribution in [0.3, 0.4) is 0 Å². The van der Waals surface area contributed by atoms with Gasteiger partial charge in [0.2, 0.25) is 0 Å². The molecule has 0 radical (unpaired) electrons. The number of benzene rings is 1. The van der Waals surface area contributed by atoms with Crippen LogP contribution in [-0.4, -0.2) is 42.3 Å². The van der Waals surface area contributed by atoms with Crippen LogP contribution in [0.25, 0.3) is 0 Å². The van der Waals surface area contributed by atoms with Gasteiger partial charge in [0.25, 0.3) is 5.91 Å². The van der Waals surface area contributed by atoms with E-state index in [-0.39, 0.29) is 34.3 Å². The molecular weight excluding hydrogens is 389 g/mol. The van der Waals surface area contributed by atoms with Gasteiger partial charge in [0.15, 0.2) is 15.0 Å².